The van der Waals surface area contributed by atoms with Crippen LogP contribution in [0.3, 0.4) is 0 Å². The minimum absolute atomic E-state index is 0.0770. The summed E-state index contributed by atoms with van der Waals surface area (Å²) in [5.41, 5.74) is 0.855. The molecule has 4 aromatic rings. The van der Waals surface area contributed by atoms with Crippen LogP contribution in [0.2, 0.25) is 0 Å². The van der Waals surface area contributed by atoms with Gasteiger partial charge in [0.15, 0.2) is 0 Å². The third kappa shape index (κ3) is 5.12. The molecule has 4 N–H and O–H groups in total. The first kappa shape index (κ1) is 24.3. The summed E-state index contributed by atoms with van der Waals surface area (Å²) in [6, 6.07) is 11.1. The molecule has 2 heterocycles. The van der Waals surface area contributed by atoms with Gasteiger partial charge >= 0.3 is 11.7 Å². The number of rotatable bonds is 7. The molecule has 4 rings (SSSR count). The van der Waals surface area contributed by atoms with Crippen molar-refractivity contribution in [2.24, 2.45) is 0 Å². The van der Waals surface area contributed by atoms with Gasteiger partial charge in [-0.25, -0.2) is 28.6 Å². The van der Waals surface area contributed by atoms with Crippen molar-refractivity contribution < 1.29 is 23.9 Å². The number of carboxylic acids is 1. The van der Waals surface area contributed by atoms with Crippen LogP contribution in [0.5, 0.6) is 0 Å². The van der Waals surface area contributed by atoms with Gasteiger partial charge in [-0.2, -0.15) is 4.98 Å². The Bertz CT molecular complexity index is 1540. The van der Waals surface area contributed by atoms with Crippen molar-refractivity contribution in [3.63, 3.8) is 0 Å². The molecule has 0 spiro atoms. The molecule has 0 saturated heterocycles. The van der Waals surface area contributed by atoms with Gasteiger partial charge < -0.3 is 15.7 Å². The zero-order chi connectivity index (χ0) is 26.0. The second kappa shape index (κ2) is 9.78. The number of aryl methyl sites for hydroxylation is 1. The Morgan fingerprint density at radius 3 is 2.47 bits per heavy atom. The molecule has 0 radical (unpaired) electrons. The fourth-order valence-corrected chi connectivity index (χ4v) is 3.53. The van der Waals surface area contributed by atoms with Crippen LogP contribution in [0.4, 0.5) is 4.39 Å². The van der Waals surface area contributed by atoms with Crippen molar-refractivity contribution in [1.29, 1.82) is 0 Å². The summed E-state index contributed by atoms with van der Waals surface area (Å²) in [5.74, 6) is -2.85. The second-order valence-corrected chi connectivity index (χ2v) is 8.08. The number of aromatic amines is 1. The highest BCUT2D eigenvalue weighted by molar-refractivity contribution is 5.98. The van der Waals surface area contributed by atoms with Crippen LogP contribution in [0, 0.1) is 12.7 Å². The quantitative estimate of drug-likeness (QED) is 0.307. The lowest BCUT2D eigenvalue weighted by Crippen LogP contribution is -2.30. The predicted octanol–water partition coefficient (Wildman–Crippen LogP) is 1.98. The fraction of sp³-hybridized carbons (Fsp3) is 0.167. The number of benzene rings is 2. The number of carboxylic acid groups (broad SMARTS) is 1. The van der Waals surface area contributed by atoms with Crippen LogP contribution in [-0.2, 0) is 6.54 Å². The van der Waals surface area contributed by atoms with Crippen LogP contribution < -0.4 is 16.3 Å². The Hall–Kier alpha value is -4.87. The first-order valence-corrected chi connectivity index (χ1v) is 10.8. The van der Waals surface area contributed by atoms with E-state index in [2.05, 4.69) is 25.7 Å². The molecule has 184 valence electrons. The Morgan fingerprint density at radius 2 is 1.81 bits per heavy atom. The average molecular weight is 492 g/mol. The van der Waals surface area contributed by atoms with Gasteiger partial charge in [0.1, 0.15) is 17.2 Å². The van der Waals surface area contributed by atoms with E-state index in [1.54, 1.807) is 32.0 Å². The molecule has 2 aromatic carbocycles. The minimum Gasteiger partial charge on any atom is -0.478 e. The molecule has 1 atom stereocenters. The van der Waals surface area contributed by atoms with E-state index in [0.717, 1.165) is 4.52 Å². The number of carbonyl (C=O) groups excluding carboxylic acids is 2. The van der Waals surface area contributed by atoms with Gasteiger partial charge in [0.05, 0.1) is 11.6 Å². The number of aromatic nitrogens is 4. The molecular weight excluding hydrogens is 471 g/mol. The Balaban J connectivity index is 1.56. The summed E-state index contributed by atoms with van der Waals surface area (Å²) < 4.78 is 14.6. The van der Waals surface area contributed by atoms with Crippen LogP contribution in [-0.4, -0.2) is 42.5 Å². The van der Waals surface area contributed by atoms with E-state index in [4.69, 9.17) is 5.11 Å². The van der Waals surface area contributed by atoms with E-state index >= 15 is 0 Å². The zero-order valence-electron chi connectivity index (χ0n) is 19.2. The molecule has 0 aliphatic heterocycles. The van der Waals surface area contributed by atoms with E-state index < -0.39 is 29.5 Å². The molecule has 0 aliphatic rings. The first-order chi connectivity index (χ1) is 17.1. The number of carbonyl (C=O) groups is 3. The fourth-order valence-electron chi connectivity index (χ4n) is 3.53. The van der Waals surface area contributed by atoms with E-state index in [1.807, 2.05) is 0 Å². The number of nitrogens with zero attached hydrogens (tertiary/aromatic N) is 3. The van der Waals surface area contributed by atoms with Gasteiger partial charge in [0, 0.05) is 12.6 Å². The smallest absolute Gasteiger partial charge is 0.363 e. The Kier molecular flexibility index (Phi) is 6.59. The van der Waals surface area contributed by atoms with Crippen molar-refractivity contribution in [3.8, 4) is 0 Å². The zero-order valence-corrected chi connectivity index (χ0v) is 19.2. The average Bonchev–Trinajstić information content (AvgIpc) is 3.23. The maximum absolute atomic E-state index is 13.5. The van der Waals surface area contributed by atoms with Crippen molar-refractivity contribution in [2.45, 2.75) is 26.4 Å². The van der Waals surface area contributed by atoms with Crippen LogP contribution in [0.1, 0.15) is 61.0 Å². The van der Waals surface area contributed by atoms with Gasteiger partial charge in [0.2, 0.25) is 0 Å². The Labute approximate surface area is 203 Å². The van der Waals surface area contributed by atoms with Crippen molar-refractivity contribution in [2.75, 3.05) is 0 Å². The topological polar surface area (TPSA) is 159 Å². The monoisotopic (exact) mass is 492 g/mol. The number of nitrogens with one attached hydrogen (secondary N) is 3. The third-order valence-electron chi connectivity index (χ3n) is 5.49. The lowest BCUT2D eigenvalue weighted by atomic mass is 10.1. The van der Waals surface area contributed by atoms with Crippen molar-refractivity contribution >= 4 is 23.6 Å². The summed E-state index contributed by atoms with van der Waals surface area (Å²) in [6.45, 7) is 3.38. The van der Waals surface area contributed by atoms with Crippen molar-refractivity contribution in [1.82, 2.24) is 30.2 Å². The second-order valence-electron chi connectivity index (χ2n) is 8.08. The molecule has 36 heavy (non-hydrogen) atoms. The number of aromatic carboxylic acids is 1. The van der Waals surface area contributed by atoms with Gasteiger partial charge in [-0.3, -0.25) is 9.59 Å². The summed E-state index contributed by atoms with van der Waals surface area (Å²) >= 11 is 0. The molecular formula is C24H21FN6O5. The predicted molar refractivity (Wildman–Crippen MR) is 125 cm³/mol. The lowest BCUT2D eigenvalue weighted by molar-refractivity contribution is 0.0696. The van der Waals surface area contributed by atoms with E-state index in [0.29, 0.717) is 16.7 Å². The highest BCUT2D eigenvalue weighted by Crippen LogP contribution is 2.15. The van der Waals surface area contributed by atoms with Gasteiger partial charge in [-0.1, -0.05) is 24.3 Å². The third-order valence-corrected chi connectivity index (χ3v) is 5.49. The summed E-state index contributed by atoms with van der Waals surface area (Å²) in [4.78, 5) is 56.4. The highest BCUT2D eigenvalue weighted by Gasteiger charge is 2.20. The summed E-state index contributed by atoms with van der Waals surface area (Å²) in [7, 11) is 0. The maximum atomic E-state index is 13.5. The Morgan fingerprint density at radius 1 is 1.08 bits per heavy atom. The minimum atomic E-state index is -1.06. The van der Waals surface area contributed by atoms with E-state index in [1.165, 1.54) is 30.3 Å². The van der Waals surface area contributed by atoms with E-state index in [9.17, 15) is 23.6 Å². The molecule has 12 heteroatoms. The standard InChI is InChI=1S/C24H21FN6O5/c1-12-9-14(3-8-17(12)25)11-26-21(33)19-10-18(28-23-29-24(36)30-31(19)23)20(32)27-13(2)15-4-6-16(7-5-15)22(34)35/h3-10,13H,11H2,1-2H3,(H,26,33)(H,27,32)(H,30,36)(H,34,35)/t13-/m0/s1. The molecule has 0 bridgehead atoms. The number of hydrogen-bond acceptors (Lipinski definition) is 6. The molecule has 0 saturated carbocycles. The highest BCUT2D eigenvalue weighted by atomic mass is 19.1. The van der Waals surface area contributed by atoms with Crippen LogP contribution in [0.25, 0.3) is 5.78 Å². The molecule has 0 fully saturated rings. The molecule has 0 aliphatic carbocycles. The molecule has 2 aromatic heterocycles. The maximum Gasteiger partial charge on any atom is 0.363 e. The van der Waals surface area contributed by atoms with Gasteiger partial charge in [0.25, 0.3) is 17.6 Å². The summed E-state index contributed by atoms with van der Waals surface area (Å²) in [6.07, 6.45) is 0. The first-order valence-electron chi connectivity index (χ1n) is 10.8. The normalized spacial score (nSPS) is 11.8. The number of fused-ring (bicyclic) bond motifs is 1. The van der Waals surface area contributed by atoms with Gasteiger partial charge in [-0.05, 0) is 48.7 Å². The summed E-state index contributed by atoms with van der Waals surface area (Å²) in [5, 5.41) is 16.8. The number of amides is 2. The number of H-pyrrole nitrogens is 1. The van der Waals surface area contributed by atoms with Crippen LogP contribution in [0.15, 0.2) is 53.3 Å². The molecule has 2 amide bonds. The van der Waals surface area contributed by atoms with E-state index in [-0.39, 0.29) is 35.1 Å². The largest absolute Gasteiger partial charge is 0.478 e. The SMILES string of the molecule is Cc1cc(CNC(=O)c2cc(C(=O)N[C@@H](C)c3ccc(C(=O)O)cc3)nc3nc(=O)[nH]n23)ccc1F. The van der Waals surface area contributed by atoms with Crippen LogP contribution >= 0.6 is 0 Å². The van der Waals surface area contributed by atoms with Crippen molar-refractivity contribution in [3.05, 3.63) is 98.5 Å². The molecule has 11 nitrogen and oxygen atoms in total. The number of halogens is 1. The number of hydrogen-bond donors (Lipinski definition) is 4. The lowest BCUT2D eigenvalue weighted by Gasteiger charge is -2.15. The van der Waals surface area contributed by atoms with Gasteiger partial charge in [-0.15, -0.1) is 0 Å². The molecule has 0 unspecified atom stereocenters.